The van der Waals surface area contributed by atoms with E-state index >= 15 is 0 Å². The van der Waals surface area contributed by atoms with Crippen LogP contribution in [-0.2, 0) is 4.79 Å². The van der Waals surface area contributed by atoms with E-state index in [9.17, 15) is 4.79 Å². The number of anilines is 1. The van der Waals surface area contributed by atoms with Crippen LogP contribution in [0.3, 0.4) is 0 Å². The maximum Gasteiger partial charge on any atom is 0.222 e. The van der Waals surface area contributed by atoms with Crippen molar-refractivity contribution in [2.75, 3.05) is 44.2 Å². The molecule has 4 heterocycles. The van der Waals surface area contributed by atoms with Gasteiger partial charge in [-0.15, -0.1) is 0 Å². The van der Waals surface area contributed by atoms with Crippen LogP contribution in [0.2, 0.25) is 0 Å². The third-order valence-corrected chi connectivity index (χ3v) is 7.17. The number of aromatic nitrogens is 1. The molecule has 0 unspecified atom stereocenters. The normalized spacial score (nSPS) is 26.8. The van der Waals surface area contributed by atoms with Crippen molar-refractivity contribution < 1.29 is 9.53 Å². The van der Waals surface area contributed by atoms with Crippen molar-refractivity contribution in [2.24, 2.45) is 17.6 Å². The smallest absolute Gasteiger partial charge is 0.222 e. The van der Waals surface area contributed by atoms with Gasteiger partial charge < -0.3 is 25.6 Å². The van der Waals surface area contributed by atoms with E-state index in [1.54, 1.807) is 0 Å². The number of hydrogen-bond acceptors (Lipinski definition) is 6. The number of amides is 1. The number of carbonyl (C=O) groups excluding carboxylic acids is 1. The summed E-state index contributed by atoms with van der Waals surface area (Å²) >= 11 is 0. The summed E-state index contributed by atoms with van der Waals surface area (Å²) in [6, 6.07) is 4.08. The third-order valence-electron chi connectivity index (χ3n) is 7.17. The molecule has 3 N–H and O–H groups in total. The van der Waals surface area contributed by atoms with Crippen molar-refractivity contribution >= 4 is 11.7 Å². The fourth-order valence-electron chi connectivity index (χ4n) is 5.16. The van der Waals surface area contributed by atoms with E-state index in [0.29, 0.717) is 12.3 Å². The molecule has 30 heavy (non-hydrogen) atoms. The van der Waals surface area contributed by atoms with Gasteiger partial charge in [0.2, 0.25) is 5.91 Å². The molecule has 1 amide bonds. The fourth-order valence-corrected chi connectivity index (χ4v) is 5.16. The molecule has 3 aliphatic rings. The second-order valence-corrected chi connectivity index (χ2v) is 9.23. The number of nitrogens with zero attached hydrogens (tertiary/aromatic N) is 3. The number of nitrogens with two attached hydrogens (primary N) is 1. The number of likely N-dealkylation sites (tertiary alicyclic amines) is 1. The molecule has 0 bridgehead atoms. The molecule has 0 saturated carbocycles. The predicted octanol–water partition coefficient (Wildman–Crippen LogP) is 2.01. The number of nitrogens with one attached hydrogen (secondary N) is 1. The first-order valence-electron chi connectivity index (χ1n) is 11.7. The van der Waals surface area contributed by atoms with Gasteiger partial charge in [-0.05, 0) is 69.2 Å². The second kappa shape index (κ2) is 9.96. The summed E-state index contributed by atoms with van der Waals surface area (Å²) < 4.78 is 5.96. The number of hydrogen-bond donors (Lipinski definition) is 2. The van der Waals surface area contributed by atoms with Crippen molar-refractivity contribution in [3.05, 3.63) is 18.3 Å². The fraction of sp³-hybridized carbons (Fsp3) is 0.739. The summed E-state index contributed by atoms with van der Waals surface area (Å²) in [5, 5.41) is 3.44. The summed E-state index contributed by atoms with van der Waals surface area (Å²) in [6.45, 7) is 7.70. The third kappa shape index (κ3) is 5.06. The van der Waals surface area contributed by atoms with Gasteiger partial charge in [0.15, 0.2) is 0 Å². The van der Waals surface area contributed by atoms with E-state index in [1.165, 1.54) is 12.8 Å². The average molecular weight is 416 g/mol. The first-order chi connectivity index (χ1) is 14.6. The Hall–Kier alpha value is -1.86. The summed E-state index contributed by atoms with van der Waals surface area (Å²) in [5.41, 5.74) is 6.39. The first kappa shape index (κ1) is 21.4. The maximum atomic E-state index is 12.3. The molecule has 3 atom stereocenters. The molecule has 3 aliphatic heterocycles. The quantitative estimate of drug-likeness (QED) is 0.709. The lowest BCUT2D eigenvalue weighted by atomic mass is 9.84. The van der Waals surface area contributed by atoms with Crippen molar-refractivity contribution in [1.82, 2.24) is 15.2 Å². The highest BCUT2D eigenvalue weighted by molar-refractivity contribution is 5.77. The Kier molecular flexibility index (Phi) is 7.10. The van der Waals surface area contributed by atoms with Gasteiger partial charge in [0, 0.05) is 32.1 Å². The molecule has 0 aliphatic carbocycles. The van der Waals surface area contributed by atoms with Crippen LogP contribution in [0.4, 0.5) is 5.82 Å². The standard InChI is InChI=1S/C23H37N5O2/c1-17(18-7-10-25-11-8-18)9-13-30-19-5-6-22(26-14-19)27-15-20(24)21(16-27)28-12-3-2-4-23(28)29/h5-6,14,17-18,20-21,25H,2-4,7-13,15-16,24H2,1H3/t17-,20+,21+/m1/s1. The maximum absolute atomic E-state index is 12.3. The molecule has 3 fully saturated rings. The minimum atomic E-state index is -0.0266. The Morgan fingerprint density at radius 3 is 2.83 bits per heavy atom. The number of ether oxygens (including phenoxy) is 1. The zero-order valence-corrected chi connectivity index (χ0v) is 18.3. The summed E-state index contributed by atoms with van der Waals surface area (Å²) in [5.74, 6) is 3.49. The molecule has 0 radical (unpaired) electrons. The number of carbonyl (C=O) groups is 1. The van der Waals surface area contributed by atoms with Crippen LogP contribution in [0.1, 0.15) is 45.4 Å². The monoisotopic (exact) mass is 415 g/mol. The van der Waals surface area contributed by atoms with Gasteiger partial charge in [0.25, 0.3) is 0 Å². The van der Waals surface area contributed by atoms with E-state index < -0.39 is 0 Å². The van der Waals surface area contributed by atoms with Crippen molar-refractivity contribution in [3.8, 4) is 5.75 Å². The molecule has 4 rings (SSSR count). The summed E-state index contributed by atoms with van der Waals surface area (Å²) in [6.07, 6.45) is 8.19. The SMILES string of the molecule is C[C@H](CCOc1ccc(N2C[C@H](N)[C@@H](N3CCCCC3=O)C2)nc1)C1CCNCC1. The minimum absolute atomic E-state index is 0.0266. The predicted molar refractivity (Wildman–Crippen MR) is 119 cm³/mol. The van der Waals surface area contributed by atoms with Crippen LogP contribution in [0.5, 0.6) is 5.75 Å². The Balaban J connectivity index is 1.25. The Bertz CT molecular complexity index is 691. The van der Waals surface area contributed by atoms with Gasteiger partial charge >= 0.3 is 0 Å². The second-order valence-electron chi connectivity index (χ2n) is 9.23. The molecule has 166 valence electrons. The lowest BCUT2D eigenvalue weighted by Crippen LogP contribution is -2.51. The topological polar surface area (TPSA) is 83.7 Å². The molecular weight excluding hydrogens is 378 g/mol. The first-order valence-corrected chi connectivity index (χ1v) is 11.7. The zero-order chi connectivity index (χ0) is 20.9. The Labute approximate surface area is 180 Å². The lowest BCUT2D eigenvalue weighted by molar-refractivity contribution is -0.135. The van der Waals surface area contributed by atoms with E-state index in [-0.39, 0.29) is 18.0 Å². The summed E-state index contributed by atoms with van der Waals surface area (Å²) in [7, 11) is 0. The van der Waals surface area contributed by atoms with Gasteiger partial charge in [-0.1, -0.05) is 6.92 Å². The van der Waals surface area contributed by atoms with Crippen LogP contribution >= 0.6 is 0 Å². The van der Waals surface area contributed by atoms with Gasteiger partial charge in [0.05, 0.1) is 18.8 Å². The Morgan fingerprint density at radius 2 is 2.10 bits per heavy atom. The van der Waals surface area contributed by atoms with Crippen LogP contribution < -0.4 is 20.7 Å². The molecule has 0 spiro atoms. The highest BCUT2D eigenvalue weighted by Gasteiger charge is 2.37. The van der Waals surface area contributed by atoms with Crippen molar-refractivity contribution in [2.45, 2.75) is 57.5 Å². The highest BCUT2D eigenvalue weighted by Crippen LogP contribution is 2.26. The molecule has 7 nitrogen and oxygen atoms in total. The molecular formula is C23H37N5O2. The highest BCUT2D eigenvalue weighted by atomic mass is 16.5. The molecule has 1 aromatic rings. The van der Waals surface area contributed by atoms with Crippen LogP contribution in [0.25, 0.3) is 0 Å². The van der Waals surface area contributed by atoms with Crippen molar-refractivity contribution in [3.63, 3.8) is 0 Å². The molecule has 1 aromatic heterocycles. The van der Waals surface area contributed by atoms with Gasteiger partial charge in [0.1, 0.15) is 11.6 Å². The lowest BCUT2D eigenvalue weighted by Gasteiger charge is -2.34. The van der Waals surface area contributed by atoms with Gasteiger partial charge in [-0.3, -0.25) is 4.79 Å². The van der Waals surface area contributed by atoms with E-state index in [2.05, 4.69) is 22.1 Å². The summed E-state index contributed by atoms with van der Waals surface area (Å²) in [4.78, 5) is 21.1. The minimum Gasteiger partial charge on any atom is -0.492 e. The van der Waals surface area contributed by atoms with Crippen LogP contribution in [-0.4, -0.2) is 67.2 Å². The Morgan fingerprint density at radius 1 is 1.27 bits per heavy atom. The number of piperidine rings is 2. The van der Waals surface area contributed by atoms with Crippen LogP contribution in [0.15, 0.2) is 18.3 Å². The largest absolute Gasteiger partial charge is 0.492 e. The number of pyridine rings is 1. The molecule has 7 heteroatoms. The zero-order valence-electron chi connectivity index (χ0n) is 18.3. The number of rotatable bonds is 7. The van der Waals surface area contributed by atoms with Crippen molar-refractivity contribution in [1.29, 1.82) is 0 Å². The van der Waals surface area contributed by atoms with E-state index in [1.807, 2.05) is 23.2 Å². The molecule has 3 saturated heterocycles. The molecule has 0 aromatic carbocycles. The van der Waals surface area contributed by atoms with E-state index in [0.717, 1.165) is 76.1 Å². The van der Waals surface area contributed by atoms with Crippen LogP contribution in [0, 0.1) is 11.8 Å². The average Bonchev–Trinajstić information content (AvgIpc) is 3.16. The van der Waals surface area contributed by atoms with Gasteiger partial charge in [-0.2, -0.15) is 0 Å². The van der Waals surface area contributed by atoms with E-state index in [4.69, 9.17) is 10.5 Å². The van der Waals surface area contributed by atoms with Gasteiger partial charge in [-0.25, -0.2) is 4.98 Å².